The van der Waals surface area contributed by atoms with Crippen molar-refractivity contribution in [2.24, 2.45) is 0 Å². The van der Waals surface area contributed by atoms with Crippen molar-refractivity contribution in [1.29, 1.82) is 5.26 Å². The zero-order valence-electron chi connectivity index (χ0n) is 15.2. The van der Waals surface area contributed by atoms with Gasteiger partial charge < -0.3 is 4.43 Å². The summed E-state index contributed by atoms with van der Waals surface area (Å²) >= 11 is 0. The van der Waals surface area contributed by atoms with Crippen molar-refractivity contribution < 1.29 is 4.43 Å². The molecule has 0 saturated heterocycles. The molecule has 1 aromatic carbocycles. The van der Waals surface area contributed by atoms with Crippen LogP contribution in [0.2, 0.25) is 11.1 Å². The van der Waals surface area contributed by atoms with E-state index in [4.69, 9.17) is 4.43 Å². The van der Waals surface area contributed by atoms with Crippen molar-refractivity contribution in [3.63, 3.8) is 0 Å². The molecular weight excluding hydrogens is 286 g/mol. The molecule has 1 aromatic rings. The van der Waals surface area contributed by atoms with Gasteiger partial charge >= 0.3 is 0 Å². The van der Waals surface area contributed by atoms with E-state index in [9.17, 15) is 5.26 Å². The van der Waals surface area contributed by atoms with Gasteiger partial charge in [0.15, 0.2) is 0 Å². The van der Waals surface area contributed by atoms with Gasteiger partial charge in [-0.25, -0.2) is 0 Å². The summed E-state index contributed by atoms with van der Waals surface area (Å²) in [7, 11) is -0.201. The van der Waals surface area contributed by atoms with Crippen LogP contribution in [0.25, 0.3) is 0 Å². The molecule has 22 heavy (non-hydrogen) atoms. The van der Waals surface area contributed by atoms with Crippen LogP contribution < -0.4 is 5.19 Å². The number of hydrogen-bond acceptors (Lipinski definition) is 2. The Hall–Kier alpha value is -1.11. The van der Waals surface area contributed by atoms with Crippen LogP contribution in [0.3, 0.4) is 0 Å². The maximum absolute atomic E-state index is 9.73. The lowest BCUT2D eigenvalue weighted by atomic mass is 9.77. The van der Waals surface area contributed by atoms with E-state index in [1.165, 1.54) is 5.19 Å². The third-order valence-electron chi connectivity index (χ3n) is 5.34. The van der Waals surface area contributed by atoms with Gasteiger partial charge in [-0.15, -0.1) is 0 Å². The molecule has 3 heteroatoms. The van der Waals surface area contributed by atoms with Crippen LogP contribution in [0, 0.1) is 11.3 Å². The molecule has 0 aliphatic carbocycles. The van der Waals surface area contributed by atoms with Crippen LogP contribution in [0.5, 0.6) is 0 Å². The molecule has 0 aliphatic heterocycles. The maximum Gasteiger partial charge on any atom is 0.228 e. The molecular formula is C19H31NOSi. The highest BCUT2D eigenvalue weighted by atomic mass is 28.4. The molecule has 0 amide bonds. The predicted molar refractivity (Wildman–Crippen MR) is 96.9 cm³/mol. The highest BCUT2D eigenvalue weighted by molar-refractivity contribution is 6.88. The monoisotopic (exact) mass is 317 g/mol. The Morgan fingerprint density at radius 2 is 1.68 bits per heavy atom. The molecule has 0 unspecified atom stereocenters. The van der Waals surface area contributed by atoms with Gasteiger partial charge in [-0.2, -0.15) is 5.26 Å². The van der Waals surface area contributed by atoms with Crippen molar-refractivity contribution in [1.82, 2.24) is 0 Å². The summed E-state index contributed by atoms with van der Waals surface area (Å²) < 4.78 is 6.17. The van der Waals surface area contributed by atoms with E-state index in [2.05, 4.69) is 71.9 Å². The zero-order valence-corrected chi connectivity index (χ0v) is 16.2. The predicted octanol–water partition coefficient (Wildman–Crippen LogP) is 4.89. The SMILES string of the molecule is CCC(C#N)(CC)c1cccc([Si](OC)(C(C)C)C(C)C)c1. The average molecular weight is 318 g/mol. The van der Waals surface area contributed by atoms with E-state index in [0.717, 1.165) is 18.4 Å². The zero-order chi connectivity index (χ0) is 17.0. The number of nitriles is 1. The molecule has 122 valence electrons. The fraction of sp³-hybridized carbons (Fsp3) is 0.632. The van der Waals surface area contributed by atoms with Gasteiger partial charge in [0.1, 0.15) is 0 Å². The van der Waals surface area contributed by atoms with Gasteiger partial charge in [0.25, 0.3) is 0 Å². The third kappa shape index (κ3) is 3.00. The lowest BCUT2D eigenvalue weighted by Gasteiger charge is -2.38. The Morgan fingerprint density at radius 1 is 1.14 bits per heavy atom. The fourth-order valence-electron chi connectivity index (χ4n) is 3.86. The minimum Gasteiger partial charge on any atom is -0.415 e. The molecule has 0 atom stereocenters. The molecule has 0 radical (unpaired) electrons. The summed E-state index contributed by atoms with van der Waals surface area (Å²) in [6.07, 6.45) is 1.68. The van der Waals surface area contributed by atoms with Crippen molar-refractivity contribution in [3.05, 3.63) is 29.8 Å². The quantitative estimate of drug-likeness (QED) is 0.671. The van der Waals surface area contributed by atoms with Crippen molar-refractivity contribution in [2.75, 3.05) is 7.11 Å². The van der Waals surface area contributed by atoms with Crippen LogP contribution in [-0.4, -0.2) is 15.4 Å². The van der Waals surface area contributed by atoms with Crippen molar-refractivity contribution >= 4 is 13.5 Å². The largest absolute Gasteiger partial charge is 0.415 e. The van der Waals surface area contributed by atoms with Crippen LogP contribution in [0.1, 0.15) is 59.9 Å². The second-order valence-corrected chi connectivity index (χ2v) is 11.7. The minimum atomic E-state index is -2.06. The topological polar surface area (TPSA) is 33.0 Å². The van der Waals surface area contributed by atoms with Crippen LogP contribution in [0.4, 0.5) is 0 Å². The standard InChI is InChI=1S/C19H31NOSi/c1-8-19(9-2,14-20)17-11-10-12-18(13-17)22(21-7,15(3)4)16(5)6/h10-13,15-16H,8-9H2,1-7H3. The van der Waals surface area contributed by atoms with Gasteiger partial charge in [0.2, 0.25) is 8.32 Å². The van der Waals surface area contributed by atoms with E-state index in [-0.39, 0.29) is 5.41 Å². The van der Waals surface area contributed by atoms with E-state index >= 15 is 0 Å². The average Bonchev–Trinajstić information content (AvgIpc) is 2.51. The summed E-state index contributed by atoms with van der Waals surface area (Å²) in [6, 6.07) is 11.2. The van der Waals surface area contributed by atoms with E-state index in [1.807, 2.05) is 7.11 Å². The number of rotatable bonds is 7. The van der Waals surface area contributed by atoms with Gasteiger partial charge in [-0.3, -0.25) is 0 Å². The molecule has 0 heterocycles. The minimum absolute atomic E-state index is 0.377. The molecule has 0 spiro atoms. The highest BCUT2D eigenvalue weighted by Crippen LogP contribution is 2.35. The summed E-state index contributed by atoms with van der Waals surface area (Å²) in [5.74, 6) is 0. The lowest BCUT2D eigenvalue weighted by Crippen LogP contribution is -2.55. The molecule has 0 N–H and O–H groups in total. The summed E-state index contributed by atoms with van der Waals surface area (Å²) in [6.45, 7) is 13.3. The Bertz CT molecular complexity index is 518. The summed E-state index contributed by atoms with van der Waals surface area (Å²) in [4.78, 5) is 0. The first-order chi connectivity index (χ1) is 10.3. The van der Waals surface area contributed by atoms with Crippen LogP contribution in [-0.2, 0) is 9.84 Å². The second kappa shape index (κ2) is 7.44. The highest BCUT2D eigenvalue weighted by Gasteiger charge is 2.43. The first-order valence-electron chi connectivity index (χ1n) is 8.42. The normalized spacial score (nSPS) is 12.7. The molecule has 0 aromatic heterocycles. The van der Waals surface area contributed by atoms with Crippen molar-refractivity contribution in [2.45, 2.75) is 70.9 Å². The number of benzene rings is 1. The fourth-order valence-corrected chi connectivity index (χ4v) is 8.45. The second-order valence-electron chi connectivity index (χ2n) is 6.79. The number of nitrogens with zero attached hydrogens (tertiary/aromatic N) is 1. The Balaban J connectivity index is 3.52. The van der Waals surface area contributed by atoms with Crippen LogP contribution >= 0.6 is 0 Å². The maximum atomic E-state index is 9.73. The molecule has 1 rings (SSSR count). The molecule has 0 fully saturated rings. The van der Waals surface area contributed by atoms with Crippen molar-refractivity contribution in [3.8, 4) is 6.07 Å². The van der Waals surface area contributed by atoms with Crippen LogP contribution in [0.15, 0.2) is 24.3 Å². The lowest BCUT2D eigenvalue weighted by molar-refractivity contribution is 0.384. The van der Waals surface area contributed by atoms with E-state index < -0.39 is 8.32 Å². The summed E-state index contributed by atoms with van der Waals surface area (Å²) in [5.41, 5.74) is 1.75. The Labute approximate surface area is 137 Å². The van der Waals surface area contributed by atoms with Gasteiger partial charge in [-0.05, 0) is 34.7 Å². The smallest absolute Gasteiger partial charge is 0.228 e. The van der Waals surface area contributed by atoms with E-state index in [0.29, 0.717) is 11.1 Å². The van der Waals surface area contributed by atoms with E-state index in [1.54, 1.807) is 0 Å². The van der Waals surface area contributed by atoms with Gasteiger partial charge in [-0.1, -0.05) is 65.8 Å². The third-order valence-corrected chi connectivity index (χ3v) is 10.7. The first kappa shape index (κ1) is 18.9. The van der Waals surface area contributed by atoms with Gasteiger partial charge in [0, 0.05) is 7.11 Å². The Morgan fingerprint density at radius 3 is 2.05 bits per heavy atom. The first-order valence-corrected chi connectivity index (χ1v) is 10.5. The number of hydrogen-bond donors (Lipinski definition) is 0. The molecule has 0 aliphatic rings. The molecule has 2 nitrogen and oxygen atoms in total. The summed E-state index contributed by atoms with van der Waals surface area (Å²) in [5, 5.41) is 11.0. The molecule has 0 saturated carbocycles. The van der Waals surface area contributed by atoms with Gasteiger partial charge in [0.05, 0.1) is 11.5 Å². The Kier molecular flexibility index (Phi) is 6.40. The molecule has 0 bridgehead atoms.